The van der Waals surface area contributed by atoms with Gasteiger partial charge in [0, 0.05) is 24.3 Å². The molecule has 3 heterocycles. The van der Waals surface area contributed by atoms with Crippen LogP contribution in [0.5, 0.6) is 0 Å². The van der Waals surface area contributed by atoms with E-state index in [-0.39, 0.29) is 20.1 Å². The minimum absolute atomic E-state index is 0. The average Bonchev–Trinajstić information content (AvgIpc) is 2.81. The number of hydrogen-bond acceptors (Lipinski definition) is 3. The Morgan fingerprint density at radius 1 is 1.03 bits per heavy atom. The van der Waals surface area contributed by atoms with Gasteiger partial charge in [-0.15, -0.1) is 48.5 Å². The van der Waals surface area contributed by atoms with Crippen molar-refractivity contribution in [3.63, 3.8) is 0 Å². The Labute approximate surface area is 189 Å². The van der Waals surface area contributed by atoms with Crippen molar-refractivity contribution in [1.29, 1.82) is 0 Å². The average molecular weight is 568 g/mol. The zero-order valence-electron chi connectivity index (χ0n) is 17.0. The molecule has 5 heteroatoms. The van der Waals surface area contributed by atoms with Crippen molar-refractivity contribution < 1.29 is 20.1 Å². The van der Waals surface area contributed by atoms with Crippen LogP contribution in [0.3, 0.4) is 0 Å². The Morgan fingerprint density at radius 3 is 2.72 bits per heavy atom. The zero-order valence-corrected chi connectivity index (χ0v) is 19.4. The molecule has 0 amide bonds. The van der Waals surface area contributed by atoms with Gasteiger partial charge in [0.15, 0.2) is 0 Å². The fourth-order valence-electron chi connectivity index (χ4n) is 4.81. The van der Waals surface area contributed by atoms with E-state index in [4.69, 9.17) is 5.32 Å². The van der Waals surface area contributed by atoms with E-state index in [1.54, 1.807) is 18.6 Å². The van der Waals surface area contributed by atoms with Gasteiger partial charge in [-0.3, -0.25) is 4.98 Å². The summed E-state index contributed by atoms with van der Waals surface area (Å²) in [6, 6.07) is 12.2. The Hall–Kier alpha value is -1.13. The molecule has 4 unspecified atom stereocenters. The molecule has 3 fully saturated rings. The molecule has 2 aromatic rings. The van der Waals surface area contributed by atoms with E-state index in [0.717, 1.165) is 35.7 Å². The molecule has 2 saturated heterocycles. The molecular formula is C24H31IrN4. The largest absolute Gasteiger partial charge is 3.00 e. The first-order valence-corrected chi connectivity index (χ1v) is 10.9. The molecular weight excluding hydrogens is 537 g/mol. The first-order valence-electron chi connectivity index (χ1n) is 10.9. The number of fused-ring (bicyclic) bond motifs is 1. The Bertz CT molecular complexity index is 650. The topological polar surface area (TPSA) is 51.9 Å². The first kappa shape index (κ1) is 22.6. The summed E-state index contributed by atoms with van der Waals surface area (Å²) in [4.78, 5) is 8.13. The summed E-state index contributed by atoms with van der Waals surface area (Å²) in [5.41, 5.74) is 1.84. The summed E-state index contributed by atoms with van der Waals surface area (Å²) in [5, 5.41) is 8.58. The van der Waals surface area contributed by atoms with Crippen LogP contribution in [-0.4, -0.2) is 35.1 Å². The van der Waals surface area contributed by atoms with Gasteiger partial charge in [-0.05, 0) is 6.54 Å². The van der Waals surface area contributed by atoms with E-state index in [2.05, 4.69) is 27.8 Å². The molecule has 0 bridgehead atoms. The number of piperidine rings is 2. The molecule has 5 rings (SSSR count). The van der Waals surface area contributed by atoms with Gasteiger partial charge in [0.25, 0.3) is 0 Å². The second-order valence-corrected chi connectivity index (χ2v) is 8.16. The zero-order chi connectivity index (χ0) is 19.0. The van der Waals surface area contributed by atoms with Crippen molar-refractivity contribution in [2.75, 3.05) is 13.1 Å². The van der Waals surface area contributed by atoms with Crippen molar-refractivity contribution in [3.8, 4) is 11.3 Å². The molecule has 1 aromatic carbocycles. The van der Waals surface area contributed by atoms with Gasteiger partial charge in [-0.2, -0.15) is 12.0 Å². The van der Waals surface area contributed by atoms with E-state index in [1.807, 2.05) is 24.3 Å². The molecule has 2 aliphatic heterocycles. The van der Waals surface area contributed by atoms with Crippen LogP contribution in [0.25, 0.3) is 16.6 Å². The molecule has 1 aliphatic carbocycles. The van der Waals surface area contributed by atoms with Crippen molar-refractivity contribution >= 4 is 0 Å². The number of rotatable bonds is 2. The summed E-state index contributed by atoms with van der Waals surface area (Å²) in [5.74, 6) is 1.73. The van der Waals surface area contributed by atoms with Gasteiger partial charge < -0.3 is 22.0 Å². The second kappa shape index (κ2) is 11.9. The number of benzene rings is 1. The number of nitrogens with zero attached hydrogens (tertiary/aromatic N) is 3. The van der Waals surface area contributed by atoms with Gasteiger partial charge in [0.2, 0.25) is 0 Å². The molecule has 1 N–H and O–H groups in total. The normalized spacial score (nSPS) is 28.8. The van der Waals surface area contributed by atoms with Crippen LogP contribution < -0.4 is 5.32 Å². The van der Waals surface area contributed by atoms with Gasteiger partial charge in [0.05, 0.1) is 0 Å². The van der Waals surface area contributed by atoms with Crippen LogP contribution in [0, 0.1) is 24.3 Å². The van der Waals surface area contributed by atoms with Crippen LogP contribution in [0.4, 0.5) is 0 Å². The van der Waals surface area contributed by atoms with Gasteiger partial charge >= 0.3 is 20.1 Å². The predicted octanol–water partition coefficient (Wildman–Crippen LogP) is 4.84. The van der Waals surface area contributed by atoms with E-state index < -0.39 is 0 Å². The first-order chi connectivity index (χ1) is 13.9. The summed E-state index contributed by atoms with van der Waals surface area (Å²) < 4.78 is 0. The summed E-state index contributed by atoms with van der Waals surface area (Å²) in [6.07, 6.45) is 17.4. The molecule has 156 valence electrons. The molecule has 1 saturated carbocycles. The minimum atomic E-state index is 0. The fourth-order valence-corrected chi connectivity index (χ4v) is 4.81. The standard InChI is InChI=1S/C14H24N2.C10H7N2.Ir/c1-2-4-13-11(3-1)5-6-14(16-13)12-7-9-15-10-8-12;1-2-4-9(5-3-1)10-8-11-6-7-12-10;/h7,11-15H,1-6,8-10H2;1-4,6-8H;/q-2;-1;+3. The van der Waals surface area contributed by atoms with Gasteiger partial charge in [0.1, 0.15) is 0 Å². The second-order valence-electron chi connectivity index (χ2n) is 8.16. The van der Waals surface area contributed by atoms with Crippen molar-refractivity contribution in [1.82, 2.24) is 15.3 Å². The van der Waals surface area contributed by atoms with E-state index in [9.17, 15) is 0 Å². The number of aromatic nitrogens is 2. The molecule has 0 spiro atoms. The summed E-state index contributed by atoms with van der Waals surface area (Å²) in [7, 11) is 0. The molecule has 4 nitrogen and oxygen atoms in total. The van der Waals surface area contributed by atoms with Crippen LogP contribution in [0.2, 0.25) is 0 Å². The van der Waals surface area contributed by atoms with Crippen LogP contribution in [0.1, 0.15) is 44.9 Å². The third-order valence-corrected chi connectivity index (χ3v) is 6.35. The Balaban J connectivity index is 0.000000167. The molecule has 4 atom stereocenters. The smallest absolute Gasteiger partial charge is 0.658 e. The van der Waals surface area contributed by atoms with Crippen molar-refractivity contribution in [2.24, 2.45) is 11.8 Å². The van der Waals surface area contributed by atoms with Crippen LogP contribution in [0.15, 0.2) is 42.9 Å². The third-order valence-electron chi connectivity index (χ3n) is 6.35. The fraction of sp³-hybridized carbons (Fsp3) is 0.542. The number of nitrogens with one attached hydrogen (secondary N) is 1. The molecule has 1 aromatic heterocycles. The number of hydrogen-bond donors (Lipinski definition) is 1. The quantitative estimate of drug-likeness (QED) is 0.529. The SMILES string of the molecule is [CH-]1CNCCC1C1CCC2CCCCC2[N-]1.[Ir+3].[c-]1ccccc1-c1cnccn1. The van der Waals surface area contributed by atoms with E-state index in [1.165, 1.54) is 51.5 Å². The molecule has 3 aliphatic rings. The van der Waals surface area contributed by atoms with E-state index in [0.29, 0.717) is 6.04 Å². The predicted molar refractivity (Wildman–Crippen MR) is 114 cm³/mol. The monoisotopic (exact) mass is 568 g/mol. The van der Waals surface area contributed by atoms with Crippen molar-refractivity contribution in [3.05, 3.63) is 60.7 Å². The van der Waals surface area contributed by atoms with Gasteiger partial charge in [-0.1, -0.05) is 50.9 Å². The van der Waals surface area contributed by atoms with Crippen LogP contribution in [-0.2, 0) is 20.1 Å². The minimum Gasteiger partial charge on any atom is -0.658 e. The Kier molecular flexibility index (Phi) is 9.26. The van der Waals surface area contributed by atoms with Crippen LogP contribution >= 0.6 is 0 Å². The summed E-state index contributed by atoms with van der Waals surface area (Å²) >= 11 is 0. The maximum absolute atomic E-state index is 5.17. The molecule has 29 heavy (non-hydrogen) atoms. The van der Waals surface area contributed by atoms with E-state index >= 15 is 0 Å². The maximum Gasteiger partial charge on any atom is 3.00 e. The summed E-state index contributed by atoms with van der Waals surface area (Å²) in [6.45, 7) is 2.30. The molecule has 0 radical (unpaired) electrons. The Morgan fingerprint density at radius 2 is 1.97 bits per heavy atom. The van der Waals surface area contributed by atoms with Gasteiger partial charge in [-0.25, -0.2) is 0 Å². The third kappa shape index (κ3) is 6.42. The maximum atomic E-state index is 5.17. The van der Waals surface area contributed by atoms with Crippen molar-refractivity contribution in [2.45, 2.75) is 57.0 Å².